The third-order valence-corrected chi connectivity index (χ3v) is 4.25. The molecule has 25 heavy (non-hydrogen) atoms. The maximum absolute atomic E-state index is 6.03. The molecule has 2 aromatic carbocycles. The molecule has 0 aliphatic carbocycles. The fraction of sp³-hybridized carbons (Fsp3) is 0.100. The highest BCUT2D eigenvalue weighted by Gasteiger charge is 2.28. The molecule has 3 aromatic rings. The molecule has 4 nitrogen and oxygen atoms in total. The van der Waals surface area contributed by atoms with Crippen LogP contribution >= 0.6 is 11.6 Å². The van der Waals surface area contributed by atoms with Crippen LogP contribution in [0.1, 0.15) is 16.7 Å². The number of hydrogen-bond acceptors (Lipinski definition) is 4. The van der Waals surface area contributed by atoms with E-state index in [2.05, 4.69) is 32.9 Å². The molecule has 5 heteroatoms. The van der Waals surface area contributed by atoms with E-state index in [9.17, 15) is 0 Å². The van der Waals surface area contributed by atoms with E-state index in [0.717, 1.165) is 23.4 Å². The molecule has 0 spiro atoms. The summed E-state index contributed by atoms with van der Waals surface area (Å²) in [5, 5.41) is 4.79. The van der Waals surface area contributed by atoms with Crippen molar-refractivity contribution < 1.29 is 0 Å². The summed E-state index contributed by atoms with van der Waals surface area (Å²) < 4.78 is 0. The minimum absolute atomic E-state index is 0.656. The van der Waals surface area contributed by atoms with Crippen LogP contribution in [0.4, 0.5) is 11.6 Å². The van der Waals surface area contributed by atoms with Crippen LogP contribution in [0.5, 0.6) is 0 Å². The van der Waals surface area contributed by atoms with Crippen LogP contribution in [-0.4, -0.2) is 22.0 Å². The number of anilines is 2. The van der Waals surface area contributed by atoms with Crippen LogP contribution in [0, 0.1) is 11.8 Å². The number of benzene rings is 2. The van der Waals surface area contributed by atoms with Crippen LogP contribution in [0.15, 0.2) is 60.9 Å². The van der Waals surface area contributed by atoms with Crippen molar-refractivity contribution in [2.24, 2.45) is 0 Å². The highest BCUT2D eigenvalue weighted by Crippen LogP contribution is 2.36. The third-order valence-electron chi connectivity index (χ3n) is 4.02. The molecular weight excluding hydrogens is 332 g/mol. The number of rotatable bonds is 1. The molecule has 0 saturated heterocycles. The van der Waals surface area contributed by atoms with Crippen LogP contribution in [-0.2, 0) is 6.54 Å². The highest BCUT2D eigenvalue weighted by atomic mass is 35.5. The van der Waals surface area contributed by atoms with Gasteiger partial charge in [-0.2, -0.15) is 0 Å². The number of nitrogens with zero attached hydrogens (tertiary/aromatic N) is 4. The van der Waals surface area contributed by atoms with Gasteiger partial charge in [0, 0.05) is 47.7 Å². The lowest BCUT2D eigenvalue weighted by Gasteiger charge is -2.24. The molecule has 2 heterocycles. The summed E-state index contributed by atoms with van der Waals surface area (Å²) in [5.41, 5.74) is 4.14. The maximum Gasteiger partial charge on any atom is 0.244 e. The van der Waals surface area contributed by atoms with Crippen molar-refractivity contribution in [3.63, 3.8) is 0 Å². The molecule has 0 radical (unpaired) electrons. The predicted octanol–water partition coefficient (Wildman–Crippen LogP) is 4.03. The van der Waals surface area contributed by atoms with Gasteiger partial charge >= 0.3 is 0 Å². The number of hydrazine groups is 1. The molecule has 1 aromatic heterocycles. The van der Waals surface area contributed by atoms with Gasteiger partial charge in [-0.15, -0.1) is 0 Å². The van der Waals surface area contributed by atoms with Crippen molar-refractivity contribution in [2.75, 3.05) is 12.1 Å². The minimum atomic E-state index is 0.656. The van der Waals surface area contributed by atoms with Gasteiger partial charge in [0.05, 0.1) is 5.69 Å². The smallest absolute Gasteiger partial charge is 0.240 e. The summed E-state index contributed by atoms with van der Waals surface area (Å²) in [6, 6.07) is 15.5. The Kier molecular flexibility index (Phi) is 4.10. The quantitative estimate of drug-likeness (QED) is 0.623. The molecule has 0 bridgehead atoms. The average molecular weight is 347 g/mol. The molecule has 0 unspecified atom stereocenters. The molecule has 0 atom stereocenters. The van der Waals surface area contributed by atoms with Crippen molar-refractivity contribution >= 4 is 23.2 Å². The zero-order chi connectivity index (χ0) is 17.2. The van der Waals surface area contributed by atoms with Gasteiger partial charge in [0.15, 0.2) is 0 Å². The third kappa shape index (κ3) is 3.08. The first-order valence-corrected chi connectivity index (χ1v) is 8.28. The molecule has 4 rings (SSSR count). The van der Waals surface area contributed by atoms with Crippen LogP contribution in [0.3, 0.4) is 0 Å². The number of halogens is 1. The van der Waals surface area contributed by atoms with Crippen molar-refractivity contribution in [1.29, 1.82) is 0 Å². The van der Waals surface area contributed by atoms with Gasteiger partial charge in [-0.3, -0.25) is 0 Å². The summed E-state index contributed by atoms with van der Waals surface area (Å²) in [4.78, 5) is 8.73. The second-order valence-corrected chi connectivity index (χ2v) is 6.18. The largest absolute Gasteiger partial charge is 0.244 e. The Labute approximate surface area is 151 Å². The van der Waals surface area contributed by atoms with Gasteiger partial charge in [0.1, 0.15) is 0 Å². The summed E-state index contributed by atoms with van der Waals surface area (Å²) >= 11 is 6.03. The van der Waals surface area contributed by atoms with Crippen molar-refractivity contribution in [1.82, 2.24) is 15.0 Å². The Morgan fingerprint density at radius 2 is 1.80 bits per heavy atom. The molecule has 1 aliphatic heterocycles. The average Bonchev–Trinajstić information content (AvgIpc) is 2.97. The van der Waals surface area contributed by atoms with Gasteiger partial charge in [-0.25, -0.2) is 20.0 Å². The van der Waals surface area contributed by atoms with Gasteiger partial charge in [-0.1, -0.05) is 35.6 Å². The fourth-order valence-electron chi connectivity index (χ4n) is 2.91. The molecule has 1 aliphatic rings. The van der Waals surface area contributed by atoms with Gasteiger partial charge in [0.2, 0.25) is 5.95 Å². The lowest BCUT2D eigenvalue weighted by Crippen LogP contribution is -2.30. The van der Waals surface area contributed by atoms with Crippen LogP contribution in [0.2, 0.25) is 5.02 Å². The molecule has 0 saturated carbocycles. The van der Waals surface area contributed by atoms with Gasteiger partial charge in [0.25, 0.3) is 0 Å². The second-order valence-electron chi connectivity index (χ2n) is 5.74. The van der Waals surface area contributed by atoms with E-state index in [1.807, 2.05) is 54.5 Å². The molecule has 122 valence electrons. The number of hydrogen-bond donors (Lipinski definition) is 0. The Balaban J connectivity index is 1.74. The van der Waals surface area contributed by atoms with Gasteiger partial charge < -0.3 is 0 Å². The monoisotopic (exact) mass is 346 g/mol. The highest BCUT2D eigenvalue weighted by molar-refractivity contribution is 6.30. The van der Waals surface area contributed by atoms with Crippen molar-refractivity contribution in [3.8, 4) is 11.8 Å². The Morgan fingerprint density at radius 1 is 1.00 bits per heavy atom. The first-order valence-electron chi connectivity index (χ1n) is 7.90. The van der Waals surface area contributed by atoms with Gasteiger partial charge in [-0.05, 0) is 36.4 Å². The fourth-order valence-corrected chi connectivity index (χ4v) is 3.10. The predicted molar refractivity (Wildman–Crippen MR) is 99.5 cm³/mol. The normalized spacial score (nSPS) is 13.3. The number of aromatic nitrogens is 2. The minimum Gasteiger partial charge on any atom is -0.240 e. The van der Waals surface area contributed by atoms with E-state index in [-0.39, 0.29) is 0 Å². The SMILES string of the molecule is CN1Cc2c(C#Cc3cccc(Cl)c3)cccc2N1c1ncccn1. The molecule has 0 fully saturated rings. The summed E-state index contributed by atoms with van der Waals surface area (Å²) in [7, 11) is 2.02. The molecular formula is C20H15ClN4. The van der Waals surface area contributed by atoms with Crippen molar-refractivity contribution in [2.45, 2.75) is 6.54 Å². The lowest BCUT2D eigenvalue weighted by molar-refractivity contribution is 0.355. The van der Waals surface area contributed by atoms with E-state index >= 15 is 0 Å². The second kappa shape index (κ2) is 6.56. The van der Waals surface area contributed by atoms with E-state index in [1.54, 1.807) is 12.4 Å². The van der Waals surface area contributed by atoms with E-state index in [4.69, 9.17) is 11.6 Å². The zero-order valence-electron chi connectivity index (χ0n) is 13.6. The topological polar surface area (TPSA) is 32.3 Å². The van der Waals surface area contributed by atoms with E-state index < -0.39 is 0 Å². The van der Waals surface area contributed by atoms with Crippen LogP contribution in [0.25, 0.3) is 0 Å². The van der Waals surface area contributed by atoms with E-state index in [0.29, 0.717) is 11.0 Å². The van der Waals surface area contributed by atoms with Crippen LogP contribution < -0.4 is 5.01 Å². The van der Waals surface area contributed by atoms with Crippen molar-refractivity contribution in [3.05, 3.63) is 82.6 Å². The molecule has 0 N–H and O–H groups in total. The Hall–Kier alpha value is -2.87. The lowest BCUT2D eigenvalue weighted by atomic mass is 10.1. The first kappa shape index (κ1) is 15.6. The zero-order valence-corrected chi connectivity index (χ0v) is 14.4. The first-order chi connectivity index (χ1) is 12.2. The molecule has 0 amide bonds. The maximum atomic E-state index is 6.03. The Morgan fingerprint density at radius 3 is 2.60 bits per heavy atom. The Bertz CT molecular complexity index is 976. The standard InChI is InChI=1S/C20H15ClN4/c1-24-14-18-16(10-9-15-5-2-7-17(21)13-15)6-3-8-19(18)25(24)20-22-11-4-12-23-20/h2-8,11-13H,14H2,1H3. The number of fused-ring (bicyclic) bond motifs is 1. The summed E-state index contributed by atoms with van der Waals surface area (Å²) in [6.07, 6.45) is 3.49. The summed E-state index contributed by atoms with van der Waals surface area (Å²) in [5.74, 6) is 7.13. The summed E-state index contributed by atoms with van der Waals surface area (Å²) in [6.45, 7) is 0.758. The van der Waals surface area contributed by atoms with E-state index in [1.165, 1.54) is 5.56 Å².